The van der Waals surface area contributed by atoms with E-state index in [1.807, 2.05) is 0 Å². The van der Waals surface area contributed by atoms with Crippen molar-refractivity contribution < 1.29 is 22.7 Å². The molecule has 1 fully saturated rings. The Balaban J connectivity index is 2.28. The summed E-state index contributed by atoms with van der Waals surface area (Å²) in [6, 6.07) is 0. The summed E-state index contributed by atoms with van der Waals surface area (Å²) in [7, 11) is 0. The molecule has 0 spiro atoms. The monoisotopic (exact) mass is 287 g/mol. The van der Waals surface area contributed by atoms with Gasteiger partial charge in [0, 0.05) is 19.0 Å². The van der Waals surface area contributed by atoms with Gasteiger partial charge in [-0.05, 0) is 25.2 Å². The summed E-state index contributed by atoms with van der Waals surface area (Å²) in [5.41, 5.74) is 0. The van der Waals surface area contributed by atoms with Crippen molar-refractivity contribution >= 4 is 17.5 Å². The number of nitrogens with zero attached hydrogens (tertiary/aromatic N) is 1. The van der Waals surface area contributed by atoms with Crippen LogP contribution in [0.2, 0.25) is 0 Å². The number of ether oxygens (including phenoxy) is 1. The number of amides is 1. The van der Waals surface area contributed by atoms with Crippen LogP contribution in [0.5, 0.6) is 0 Å². The number of rotatable bonds is 5. The molecule has 1 heterocycles. The lowest BCUT2D eigenvalue weighted by Crippen LogP contribution is -2.42. The van der Waals surface area contributed by atoms with Gasteiger partial charge in [0.2, 0.25) is 5.91 Å². The van der Waals surface area contributed by atoms with Gasteiger partial charge in [-0.1, -0.05) is 0 Å². The molecule has 1 aliphatic rings. The Morgan fingerprint density at radius 1 is 1.44 bits per heavy atom. The van der Waals surface area contributed by atoms with E-state index in [4.69, 9.17) is 11.6 Å². The van der Waals surface area contributed by atoms with Crippen molar-refractivity contribution in [2.45, 2.75) is 25.4 Å². The van der Waals surface area contributed by atoms with Crippen molar-refractivity contribution in [3.05, 3.63) is 0 Å². The van der Waals surface area contributed by atoms with E-state index >= 15 is 0 Å². The normalized spacial score (nSPS) is 21.1. The van der Waals surface area contributed by atoms with Gasteiger partial charge in [-0.15, -0.1) is 11.6 Å². The van der Waals surface area contributed by atoms with E-state index in [1.54, 1.807) is 4.90 Å². The van der Waals surface area contributed by atoms with Crippen LogP contribution in [-0.2, 0) is 9.53 Å². The van der Waals surface area contributed by atoms with Crippen LogP contribution in [-0.4, -0.2) is 49.2 Å². The zero-order valence-electron chi connectivity index (χ0n) is 10.0. The first-order chi connectivity index (χ1) is 8.42. The predicted octanol–water partition coefficient (Wildman–Crippen LogP) is 2.43. The molecular weight excluding hydrogens is 271 g/mol. The van der Waals surface area contributed by atoms with Crippen LogP contribution >= 0.6 is 11.6 Å². The summed E-state index contributed by atoms with van der Waals surface area (Å²) in [6.45, 7) is -0.723. The SMILES string of the molecule is O=C(COCC(F)(F)F)N1CCCC(CCCl)C1. The van der Waals surface area contributed by atoms with Gasteiger partial charge in [0.05, 0.1) is 0 Å². The summed E-state index contributed by atoms with van der Waals surface area (Å²) in [6.07, 6.45) is -1.68. The molecule has 0 saturated carbocycles. The molecule has 0 aromatic rings. The van der Waals surface area contributed by atoms with Gasteiger partial charge in [0.15, 0.2) is 0 Å². The molecule has 1 unspecified atom stereocenters. The zero-order chi connectivity index (χ0) is 13.6. The maximum absolute atomic E-state index is 11.8. The molecule has 0 aromatic heterocycles. The predicted molar refractivity (Wildman–Crippen MR) is 61.5 cm³/mol. The topological polar surface area (TPSA) is 29.5 Å². The van der Waals surface area contributed by atoms with E-state index in [2.05, 4.69) is 4.74 Å². The number of hydrogen-bond donors (Lipinski definition) is 0. The molecule has 7 heteroatoms. The highest BCUT2D eigenvalue weighted by Crippen LogP contribution is 2.20. The molecule has 1 atom stereocenters. The Morgan fingerprint density at radius 3 is 2.78 bits per heavy atom. The molecule has 18 heavy (non-hydrogen) atoms. The molecule has 106 valence electrons. The smallest absolute Gasteiger partial charge is 0.362 e. The molecule has 0 aromatic carbocycles. The summed E-state index contributed by atoms with van der Waals surface area (Å²) < 4.78 is 39.9. The Morgan fingerprint density at radius 2 is 2.17 bits per heavy atom. The van der Waals surface area contributed by atoms with Crippen molar-refractivity contribution in [3.8, 4) is 0 Å². The number of carbonyl (C=O) groups is 1. The quantitative estimate of drug-likeness (QED) is 0.727. The number of carbonyl (C=O) groups excluding carboxylic acids is 1. The lowest BCUT2D eigenvalue weighted by Gasteiger charge is -2.32. The van der Waals surface area contributed by atoms with Crippen LogP contribution in [0.3, 0.4) is 0 Å². The van der Waals surface area contributed by atoms with Gasteiger partial charge in [-0.3, -0.25) is 4.79 Å². The van der Waals surface area contributed by atoms with Crippen molar-refractivity contribution in [1.82, 2.24) is 4.90 Å². The second-order valence-corrected chi connectivity index (χ2v) is 4.81. The molecule has 0 radical (unpaired) electrons. The van der Waals surface area contributed by atoms with Crippen LogP contribution in [0.25, 0.3) is 0 Å². The highest BCUT2D eigenvalue weighted by molar-refractivity contribution is 6.17. The van der Waals surface area contributed by atoms with E-state index < -0.39 is 19.4 Å². The summed E-state index contributed by atoms with van der Waals surface area (Å²) in [5.74, 6) is 0.512. The minimum Gasteiger partial charge on any atom is -0.362 e. The van der Waals surface area contributed by atoms with Crippen LogP contribution < -0.4 is 0 Å². The number of alkyl halides is 4. The molecule has 0 bridgehead atoms. The largest absolute Gasteiger partial charge is 0.411 e. The number of hydrogen-bond acceptors (Lipinski definition) is 2. The molecule has 1 rings (SSSR count). The summed E-state index contributed by atoms with van der Waals surface area (Å²) >= 11 is 5.64. The van der Waals surface area contributed by atoms with Gasteiger partial charge < -0.3 is 9.64 Å². The molecule has 1 saturated heterocycles. The van der Waals surface area contributed by atoms with E-state index in [1.165, 1.54) is 0 Å². The van der Waals surface area contributed by atoms with E-state index in [0.717, 1.165) is 19.3 Å². The van der Waals surface area contributed by atoms with E-state index in [-0.39, 0.29) is 5.91 Å². The highest BCUT2D eigenvalue weighted by atomic mass is 35.5. The third kappa shape index (κ3) is 5.91. The second-order valence-electron chi connectivity index (χ2n) is 4.43. The average molecular weight is 288 g/mol. The zero-order valence-corrected chi connectivity index (χ0v) is 10.8. The van der Waals surface area contributed by atoms with Gasteiger partial charge in [0.1, 0.15) is 13.2 Å². The number of piperidine rings is 1. The highest BCUT2D eigenvalue weighted by Gasteiger charge is 2.29. The van der Waals surface area contributed by atoms with Crippen molar-refractivity contribution in [2.24, 2.45) is 5.92 Å². The van der Waals surface area contributed by atoms with Crippen LogP contribution in [0.15, 0.2) is 0 Å². The fraction of sp³-hybridized carbons (Fsp3) is 0.909. The fourth-order valence-electron chi connectivity index (χ4n) is 2.03. The Labute approximate surface area is 109 Å². The third-order valence-electron chi connectivity index (χ3n) is 2.88. The molecule has 3 nitrogen and oxygen atoms in total. The van der Waals surface area contributed by atoms with Crippen molar-refractivity contribution in [1.29, 1.82) is 0 Å². The first-order valence-corrected chi connectivity index (χ1v) is 6.44. The lowest BCUT2D eigenvalue weighted by molar-refractivity contribution is -0.178. The summed E-state index contributed by atoms with van der Waals surface area (Å²) in [4.78, 5) is 13.2. The van der Waals surface area contributed by atoms with Crippen LogP contribution in [0.4, 0.5) is 13.2 Å². The first-order valence-electron chi connectivity index (χ1n) is 5.90. The van der Waals surface area contributed by atoms with Gasteiger partial charge in [0.25, 0.3) is 0 Å². The molecule has 1 amide bonds. The molecule has 0 aliphatic carbocycles. The molecule has 0 N–H and O–H groups in total. The van der Waals surface area contributed by atoms with Gasteiger partial charge in [-0.25, -0.2) is 0 Å². The Kier molecular flexibility index (Phi) is 6.21. The fourth-order valence-corrected chi connectivity index (χ4v) is 2.34. The maximum Gasteiger partial charge on any atom is 0.411 e. The Bertz CT molecular complexity index is 272. The maximum atomic E-state index is 11.8. The van der Waals surface area contributed by atoms with E-state index in [0.29, 0.717) is 24.9 Å². The number of likely N-dealkylation sites (tertiary alicyclic amines) is 1. The summed E-state index contributed by atoms with van der Waals surface area (Å²) in [5, 5.41) is 0. The standard InChI is InChI=1S/C11H17ClF3NO2/c12-4-3-9-2-1-5-16(6-9)10(17)7-18-8-11(13,14)15/h9H,1-8H2. The number of halogens is 4. The molecular formula is C11H17ClF3NO2. The third-order valence-corrected chi connectivity index (χ3v) is 3.10. The van der Waals surface area contributed by atoms with Gasteiger partial charge in [-0.2, -0.15) is 13.2 Å². The minimum absolute atomic E-state index is 0.350. The van der Waals surface area contributed by atoms with Crippen LogP contribution in [0.1, 0.15) is 19.3 Å². The van der Waals surface area contributed by atoms with Crippen molar-refractivity contribution in [3.63, 3.8) is 0 Å². The van der Waals surface area contributed by atoms with Crippen molar-refractivity contribution in [2.75, 3.05) is 32.2 Å². The van der Waals surface area contributed by atoms with E-state index in [9.17, 15) is 18.0 Å². The average Bonchev–Trinajstić information content (AvgIpc) is 2.28. The van der Waals surface area contributed by atoms with Crippen LogP contribution in [0, 0.1) is 5.92 Å². The lowest BCUT2D eigenvalue weighted by atomic mass is 9.95. The Hall–Kier alpha value is -0.490. The van der Waals surface area contributed by atoms with Gasteiger partial charge >= 0.3 is 6.18 Å². The molecule has 1 aliphatic heterocycles. The first kappa shape index (κ1) is 15.6. The minimum atomic E-state index is -4.39. The second kappa shape index (κ2) is 7.19.